The van der Waals surface area contributed by atoms with Crippen LogP contribution in [0.5, 0.6) is 5.75 Å². The molecule has 4 rings (SSSR count). The van der Waals surface area contributed by atoms with Gasteiger partial charge in [-0.1, -0.05) is 0 Å². The van der Waals surface area contributed by atoms with Gasteiger partial charge in [0.2, 0.25) is 0 Å². The highest BCUT2D eigenvalue weighted by atomic mass is 79.9. The van der Waals surface area contributed by atoms with Crippen LogP contribution in [-0.2, 0) is 16.1 Å². The zero-order chi connectivity index (χ0) is 28.1. The molecule has 0 aliphatic carbocycles. The number of amides is 1. The Morgan fingerprint density at radius 2 is 1.74 bits per heavy atom. The van der Waals surface area contributed by atoms with Crippen molar-refractivity contribution in [1.29, 1.82) is 0 Å². The van der Waals surface area contributed by atoms with E-state index in [0.717, 1.165) is 11.1 Å². The Morgan fingerprint density at radius 1 is 1.10 bits per heavy atom. The van der Waals surface area contributed by atoms with Gasteiger partial charge in [-0.15, -0.1) is 0 Å². The first-order valence-corrected chi connectivity index (χ1v) is 13.9. The number of thioether (sulfide) groups is 1. The van der Waals surface area contributed by atoms with Crippen molar-refractivity contribution in [2.45, 2.75) is 13.5 Å². The minimum atomic E-state index is -0.449. The smallest absolute Gasteiger partial charge is 0.338 e. The van der Waals surface area contributed by atoms with Crippen molar-refractivity contribution in [1.82, 2.24) is 4.90 Å². The highest BCUT2D eigenvalue weighted by Crippen LogP contribution is 2.38. The van der Waals surface area contributed by atoms with Crippen molar-refractivity contribution >= 4 is 78.1 Å². The Kier molecular flexibility index (Phi) is 9.20. The van der Waals surface area contributed by atoms with E-state index in [1.54, 1.807) is 56.4 Å². The molecule has 200 valence electrons. The SMILES string of the molecule is CCOC(=O)c1ccc(N=C2S/C(=C\c3cc(Br)c(OCc4ccc([N+](=O)[O-])cc4)c(Br)c3)C(=O)N2C)cc1. The number of rotatable bonds is 8. The van der Waals surface area contributed by atoms with Gasteiger partial charge >= 0.3 is 5.97 Å². The van der Waals surface area contributed by atoms with Crippen LogP contribution in [0.1, 0.15) is 28.4 Å². The predicted octanol–water partition coefficient (Wildman–Crippen LogP) is 7.11. The van der Waals surface area contributed by atoms with Gasteiger partial charge < -0.3 is 9.47 Å². The van der Waals surface area contributed by atoms with E-state index in [0.29, 0.717) is 42.6 Å². The van der Waals surface area contributed by atoms with Crippen molar-refractivity contribution in [3.8, 4) is 5.75 Å². The molecule has 1 aliphatic heterocycles. The van der Waals surface area contributed by atoms with Gasteiger partial charge in [-0.2, -0.15) is 0 Å². The van der Waals surface area contributed by atoms with Gasteiger partial charge in [0.05, 0.1) is 36.6 Å². The molecular weight excluding hydrogens is 654 g/mol. The molecule has 0 aromatic heterocycles. The van der Waals surface area contributed by atoms with Crippen molar-refractivity contribution in [3.63, 3.8) is 0 Å². The summed E-state index contributed by atoms with van der Waals surface area (Å²) in [4.78, 5) is 41.7. The summed E-state index contributed by atoms with van der Waals surface area (Å²) in [5.41, 5.74) is 2.60. The third-order valence-electron chi connectivity index (χ3n) is 5.46. The first-order chi connectivity index (χ1) is 18.7. The van der Waals surface area contributed by atoms with E-state index in [1.165, 1.54) is 28.8 Å². The fourth-order valence-corrected chi connectivity index (χ4v) is 5.91. The maximum atomic E-state index is 12.9. The lowest BCUT2D eigenvalue weighted by Crippen LogP contribution is -2.23. The van der Waals surface area contributed by atoms with E-state index in [4.69, 9.17) is 9.47 Å². The summed E-state index contributed by atoms with van der Waals surface area (Å²) < 4.78 is 12.3. The second-order valence-corrected chi connectivity index (χ2v) is 10.9. The number of nitro groups is 1. The fraction of sp³-hybridized carbons (Fsp3) is 0.148. The lowest BCUT2D eigenvalue weighted by molar-refractivity contribution is -0.384. The molecule has 9 nitrogen and oxygen atoms in total. The number of esters is 1. The van der Waals surface area contributed by atoms with Crippen LogP contribution in [0.15, 0.2) is 79.5 Å². The molecular formula is C27H21Br2N3O6S. The molecule has 1 saturated heterocycles. The summed E-state index contributed by atoms with van der Waals surface area (Å²) in [7, 11) is 1.66. The number of carbonyl (C=O) groups is 2. The Morgan fingerprint density at radius 3 is 2.33 bits per heavy atom. The molecule has 0 spiro atoms. The van der Waals surface area contributed by atoms with Crippen LogP contribution in [-0.4, -0.2) is 40.5 Å². The molecule has 0 atom stereocenters. The van der Waals surface area contributed by atoms with Crippen LogP contribution in [0.2, 0.25) is 0 Å². The lowest BCUT2D eigenvalue weighted by Gasteiger charge is -2.11. The molecule has 0 unspecified atom stereocenters. The molecule has 0 N–H and O–H groups in total. The average molecular weight is 675 g/mol. The van der Waals surface area contributed by atoms with Crippen LogP contribution in [0.3, 0.4) is 0 Å². The first kappa shape index (κ1) is 28.5. The van der Waals surface area contributed by atoms with Crippen LogP contribution < -0.4 is 4.74 Å². The summed E-state index contributed by atoms with van der Waals surface area (Å²) in [6, 6.07) is 16.5. The second kappa shape index (κ2) is 12.6. The van der Waals surface area contributed by atoms with E-state index >= 15 is 0 Å². The maximum Gasteiger partial charge on any atom is 0.338 e. The summed E-state index contributed by atoms with van der Waals surface area (Å²) in [6.07, 6.45) is 1.77. The molecule has 0 radical (unpaired) electrons. The van der Waals surface area contributed by atoms with Gasteiger partial charge in [0.15, 0.2) is 5.17 Å². The zero-order valence-corrected chi connectivity index (χ0v) is 24.7. The summed E-state index contributed by atoms with van der Waals surface area (Å²) >= 11 is 8.30. The van der Waals surface area contributed by atoms with Crippen molar-refractivity contribution < 1.29 is 24.0 Å². The topological polar surface area (TPSA) is 111 Å². The van der Waals surface area contributed by atoms with Gasteiger partial charge in [0, 0.05) is 19.2 Å². The van der Waals surface area contributed by atoms with E-state index in [2.05, 4.69) is 36.9 Å². The van der Waals surface area contributed by atoms with Gasteiger partial charge in [0.25, 0.3) is 11.6 Å². The average Bonchev–Trinajstić information content (AvgIpc) is 3.16. The molecule has 0 saturated carbocycles. The molecule has 0 bridgehead atoms. The number of likely N-dealkylation sites (N-methyl/N-ethyl adjacent to an activating group) is 1. The fourth-order valence-electron chi connectivity index (χ4n) is 3.47. The van der Waals surface area contributed by atoms with E-state index < -0.39 is 10.9 Å². The van der Waals surface area contributed by atoms with Crippen LogP contribution in [0.25, 0.3) is 6.08 Å². The monoisotopic (exact) mass is 673 g/mol. The van der Waals surface area contributed by atoms with E-state index in [-0.39, 0.29) is 18.2 Å². The normalized spacial score (nSPS) is 15.2. The van der Waals surface area contributed by atoms with Crippen LogP contribution in [0.4, 0.5) is 11.4 Å². The third kappa shape index (κ3) is 6.94. The Balaban J connectivity index is 1.47. The summed E-state index contributed by atoms with van der Waals surface area (Å²) in [6.45, 7) is 2.26. The minimum absolute atomic E-state index is 0.0172. The van der Waals surface area contributed by atoms with Crippen LogP contribution in [0, 0.1) is 10.1 Å². The first-order valence-electron chi connectivity index (χ1n) is 11.5. The Bertz CT molecular complexity index is 1470. The number of carbonyl (C=O) groups excluding carboxylic acids is 2. The molecule has 3 aromatic carbocycles. The standard InChI is InChI=1S/C27H21Br2N3O6S/c1-3-37-26(34)18-6-8-19(9-7-18)30-27-31(2)25(33)23(39-27)14-17-12-21(28)24(22(29)13-17)38-15-16-4-10-20(11-5-16)32(35)36/h4-14H,3,15H2,1-2H3/b23-14-,30-27?. The number of amidine groups is 1. The summed E-state index contributed by atoms with van der Waals surface area (Å²) in [5, 5.41) is 11.3. The highest BCUT2D eigenvalue weighted by molar-refractivity contribution is 9.11. The third-order valence-corrected chi connectivity index (χ3v) is 7.69. The largest absolute Gasteiger partial charge is 0.487 e. The number of non-ortho nitro benzene ring substituents is 1. The number of hydrogen-bond acceptors (Lipinski definition) is 8. The molecule has 39 heavy (non-hydrogen) atoms. The highest BCUT2D eigenvalue weighted by Gasteiger charge is 2.30. The summed E-state index contributed by atoms with van der Waals surface area (Å²) in [5.74, 6) is -0.0243. The van der Waals surface area contributed by atoms with Crippen molar-refractivity contribution in [2.75, 3.05) is 13.7 Å². The second-order valence-electron chi connectivity index (χ2n) is 8.16. The molecule has 1 aliphatic rings. The maximum absolute atomic E-state index is 12.9. The zero-order valence-electron chi connectivity index (χ0n) is 20.7. The number of nitro benzene ring substituents is 1. The van der Waals surface area contributed by atoms with Gasteiger partial charge in [-0.25, -0.2) is 9.79 Å². The predicted molar refractivity (Wildman–Crippen MR) is 157 cm³/mol. The number of nitrogens with zero attached hydrogens (tertiary/aromatic N) is 3. The van der Waals surface area contributed by atoms with Gasteiger partial charge in [-0.3, -0.25) is 19.8 Å². The van der Waals surface area contributed by atoms with Gasteiger partial charge in [-0.05, 0) is 116 Å². The number of hydrogen-bond donors (Lipinski definition) is 0. The van der Waals surface area contributed by atoms with E-state index in [9.17, 15) is 19.7 Å². The van der Waals surface area contributed by atoms with Crippen molar-refractivity contribution in [3.05, 3.63) is 101 Å². The molecule has 12 heteroatoms. The number of ether oxygens (including phenoxy) is 2. The molecule has 1 amide bonds. The molecule has 3 aromatic rings. The Labute approximate surface area is 245 Å². The van der Waals surface area contributed by atoms with E-state index in [1.807, 2.05) is 12.1 Å². The molecule has 1 fully saturated rings. The number of aliphatic imine (C=N–C) groups is 1. The van der Waals surface area contributed by atoms with Gasteiger partial charge in [0.1, 0.15) is 12.4 Å². The lowest BCUT2D eigenvalue weighted by atomic mass is 10.2. The Hall–Kier alpha value is -3.48. The minimum Gasteiger partial charge on any atom is -0.487 e. The number of halogens is 2. The number of benzene rings is 3. The quantitative estimate of drug-likeness (QED) is 0.108. The molecule has 1 heterocycles. The van der Waals surface area contributed by atoms with Crippen molar-refractivity contribution in [2.24, 2.45) is 4.99 Å². The van der Waals surface area contributed by atoms with Crippen LogP contribution >= 0.6 is 43.6 Å².